The first kappa shape index (κ1) is 27.3. The van der Waals surface area contributed by atoms with Crippen molar-refractivity contribution in [3.05, 3.63) is 143 Å². The fourth-order valence-corrected chi connectivity index (χ4v) is 5.50. The SMILES string of the molecule is Cn1cc([C@@H](CC(=O)NCCC(c2ccccc2)c2ccccc2)c2cccc(C(F)(F)F)c2)c2ccccc21. The third-order valence-electron chi connectivity index (χ3n) is 7.47. The molecule has 3 nitrogen and oxygen atoms in total. The average Bonchev–Trinajstić information content (AvgIpc) is 3.30. The van der Waals surface area contributed by atoms with E-state index in [4.69, 9.17) is 0 Å². The highest BCUT2D eigenvalue weighted by Crippen LogP contribution is 2.37. The number of amides is 1. The van der Waals surface area contributed by atoms with Crippen LogP contribution in [-0.2, 0) is 18.0 Å². The van der Waals surface area contributed by atoms with Crippen LogP contribution in [0.5, 0.6) is 0 Å². The second-order valence-corrected chi connectivity index (χ2v) is 10.1. The van der Waals surface area contributed by atoms with Gasteiger partial charge in [0.15, 0.2) is 0 Å². The summed E-state index contributed by atoms with van der Waals surface area (Å²) < 4.78 is 42.7. The van der Waals surface area contributed by atoms with E-state index in [1.54, 1.807) is 6.07 Å². The summed E-state index contributed by atoms with van der Waals surface area (Å²) in [5.41, 5.74) is 3.88. The molecule has 1 N–H and O–H groups in total. The van der Waals surface area contributed by atoms with Gasteiger partial charge in [0, 0.05) is 48.9 Å². The molecule has 0 aliphatic heterocycles. The molecule has 0 unspecified atom stereocenters. The van der Waals surface area contributed by atoms with Crippen LogP contribution in [0, 0.1) is 0 Å². The van der Waals surface area contributed by atoms with Gasteiger partial charge in [-0.1, -0.05) is 97.1 Å². The maximum absolute atomic E-state index is 13.6. The fraction of sp³-hybridized carbons (Fsp3) is 0.206. The molecule has 204 valence electrons. The summed E-state index contributed by atoms with van der Waals surface area (Å²) in [5.74, 6) is -0.623. The molecular formula is C34H31F3N2O. The molecule has 5 aromatic rings. The second kappa shape index (κ2) is 11.8. The van der Waals surface area contributed by atoms with Crippen LogP contribution in [0.15, 0.2) is 115 Å². The van der Waals surface area contributed by atoms with E-state index in [0.29, 0.717) is 18.5 Å². The summed E-state index contributed by atoms with van der Waals surface area (Å²) in [4.78, 5) is 13.3. The Kier molecular flexibility index (Phi) is 8.06. The van der Waals surface area contributed by atoms with E-state index in [1.165, 1.54) is 23.3 Å². The monoisotopic (exact) mass is 540 g/mol. The Morgan fingerprint density at radius 1 is 0.775 bits per heavy atom. The van der Waals surface area contributed by atoms with Crippen LogP contribution in [0.2, 0.25) is 0 Å². The predicted octanol–water partition coefficient (Wildman–Crippen LogP) is 8.06. The quantitative estimate of drug-likeness (QED) is 0.202. The van der Waals surface area contributed by atoms with Crippen LogP contribution in [0.25, 0.3) is 10.9 Å². The molecule has 0 bridgehead atoms. The molecule has 4 aromatic carbocycles. The third kappa shape index (κ3) is 6.12. The highest BCUT2D eigenvalue weighted by molar-refractivity contribution is 5.86. The number of carbonyl (C=O) groups is 1. The number of carbonyl (C=O) groups excluding carboxylic acids is 1. The van der Waals surface area contributed by atoms with Gasteiger partial charge in [-0.15, -0.1) is 0 Å². The summed E-state index contributed by atoms with van der Waals surface area (Å²) in [6.07, 6.45) is -1.81. The molecule has 6 heteroatoms. The lowest BCUT2D eigenvalue weighted by atomic mass is 9.87. The van der Waals surface area contributed by atoms with Gasteiger partial charge >= 0.3 is 6.18 Å². The fourth-order valence-electron chi connectivity index (χ4n) is 5.50. The van der Waals surface area contributed by atoms with Crippen molar-refractivity contribution in [2.45, 2.75) is 30.9 Å². The number of halogens is 3. The van der Waals surface area contributed by atoms with Crippen LogP contribution in [0.4, 0.5) is 13.2 Å². The highest BCUT2D eigenvalue weighted by Gasteiger charge is 2.32. The van der Waals surface area contributed by atoms with Crippen LogP contribution < -0.4 is 5.32 Å². The minimum Gasteiger partial charge on any atom is -0.356 e. The molecule has 1 amide bonds. The van der Waals surface area contributed by atoms with E-state index in [0.717, 1.165) is 22.5 Å². The Morgan fingerprint density at radius 2 is 1.38 bits per heavy atom. The van der Waals surface area contributed by atoms with Gasteiger partial charge in [0.1, 0.15) is 0 Å². The molecule has 0 radical (unpaired) electrons. The van der Waals surface area contributed by atoms with Crippen molar-refractivity contribution in [2.24, 2.45) is 7.05 Å². The van der Waals surface area contributed by atoms with E-state index in [-0.39, 0.29) is 18.2 Å². The van der Waals surface area contributed by atoms with Gasteiger partial charge in [-0.2, -0.15) is 13.2 Å². The van der Waals surface area contributed by atoms with Gasteiger partial charge in [0.2, 0.25) is 5.91 Å². The Bertz CT molecular complexity index is 1540. The molecule has 0 aliphatic rings. The standard InChI is InChI=1S/C34H31F3N2O/c1-39-23-31(29-17-8-9-18-32(29)39)30(26-15-10-16-27(21-26)34(35,36)37)22-33(40)38-20-19-28(24-11-4-2-5-12-24)25-13-6-3-7-14-25/h2-18,21,23,28,30H,19-20,22H2,1H3,(H,38,40)/t30-/m0/s1. The first-order valence-corrected chi connectivity index (χ1v) is 13.4. The van der Waals surface area contributed by atoms with E-state index >= 15 is 0 Å². The molecule has 40 heavy (non-hydrogen) atoms. The molecule has 0 spiro atoms. The summed E-state index contributed by atoms with van der Waals surface area (Å²) in [6, 6.07) is 33.4. The number of para-hydroxylation sites is 1. The Labute approximate surface area is 232 Å². The van der Waals surface area contributed by atoms with Crippen molar-refractivity contribution in [3.63, 3.8) is 0 Å². The lowest BCUT2D eigenvalue weighted by molar-refractivity contribution is -0.137. The zero-order valence-corrected chi connectivity index (χ0v) is 22.2. The van der Waals surface area contributed by atoms with Crippen LogP contribution in [0.3, 0.4) is 0 Å². The second-order valence-electron chi connectivity index (χ2n) is 10.1. The van der Waals surface area contributed by atoms with Gasteiger partial charge in [-0.3, -0.25) is 4.79 Å². The number of nitrogens with one attached hydrogen (secondary N) is 1. The first-order valence-electron chi connectivity index (χ1n) is 13.4. The van der Waals surface area contributed by atoms with E-state index in [1.807, 2.05) is 78.5 Å². The number of benzene rings is 4. The number of aryl methyl sites for hydroxylation is 1. The Balaban J connectivity index is 1.39. The maximum Gasteiger partial charge on any atom is 0.416 e. The number of rotatable bonds is 9. The molecule has 1 aromatic heterocycles. The molecule has 1 heterocycles. The van der Waals surface area contributed by atoms with Crippen molar-refractivity contribution in [2.75, 3.05) is 6.54 Å². The number of nitrogens with zero attached hydrogens (tertiary/aromatic N) is 1. The average molecular weight is 541 g/mol. The molecular weight excluding hydrogens is 509 g/mol. The lowest BCUT2D eigenvalue weighted by Gasteiger charge is -2.20. The van der Waals surface area contributed by atoms with Gasteiger partial charge < -0.3 is 9.88 Å². The largest absolute Gasteiger partial charge is 0.416 e. The normalized spacial score (nSPS) is 12.5. The highest BCUT2D eigenvalue weighted by atomic mass is 19.4. The van der Waals surface area contributed by atoms with Crippen molar-refractivity contribution in [3.8, 4) is 0 Å². The van der Waals surface area contributed by atoms with E-state index < -0.39 is 17.7 Å². The van der Waals surface area contributed by atoms with Crippen LogP contribution in [0.1, 0.15) is 52.5 Å². The molecule has 0 fully saturated rings. The van der Waals surface area contributed by atoms with Gasteiger partial charge in [0.25, 0.3) is 0 Å². The van der Waals surface area contributed by atoms with E-state index in [2.05, 4.69) is 29.6 Å². The van der Waals surface area contributed by atoms with Crippen LogP contribution >= 0.6 is 0 Å². The topological polar surface area (TPSA) is 34.0 Å². The van der Waals surface area contributed by atoms with Gasteiger partial charge in [-0.05, 0) is 40.8 Å². The first-order chi connectivity index (χ1) is 19.3. The summed E-state index contributed by atoms with van der Waals surface area (Å²) in [7, 11) is 1.91. The van der Waals surface area contributed by atoms with Crippen molar-refractivity contribution in [1.82, 2.24) is 9.88 Å². The number of alkyl halides is 3. The molecule has 0 saturated carbocycles. The molecule has 1 atom stereocenters. The summed E-state index contributed by atoms with van der Waals surface area (Å²) in [5, 5.41) is 3.98. The maximum atomic E-state index is 13.6. The number of fused-ring (bicyclic) bond motifs is 1. The molecule has 5 rings (SSSR count). The van der Waals surface area contributed by atoms with E-state index in [9.17, 15) is 18.0 Å². The minimum absolute atomic E-state index is 0.0384. The van der Waals surface area contributed by atoms with Crippen LogP contribution in [-0.4, -0.2) is 17.0 Å². The predicted molar refractivity (Wildman–Crippen MR) is 153 cm³/mol. The molecule has 0 aliphatic carbocycles. The zero-order chi connectivity index (χ0) is 28.1. The van der Waals surface area contributed by atoms with Crippen molar-refractivity contribution in [1.29, 1.82) is 0 Å². The number of hydrogen-bond acceptors (Lipinski definition) is 1. The Morgan fingerprint density at radius 3 is 2.02 bits per heavy atom. The minimum atomic E-state index is -4.47. The summed E-state index contributed by atoms with van der Waals surface area (Å²) in [6.45, 7) is 0.443. The van der Waals surface area contributed by atoms with Gasteiger partial charge in [0.05, 0.1) is 5.56 Å². The van der Waals surface area contributed by atoms with Crippen molar-refractivity contribution < 1.29 is 18.0 Å². The zero-order valence-electron chi connectivity index (χ0n) is 22.2. The number of hydrogen-bond donors (Lipinski definition) is 1. The number of aromatic nitrogens is 1. The Hall–Kier alpha value is -4.32. The van der Waals surface area contributed by atoms with Gasteiger partial charge in [-0.25, -0.2) is 0 Å². The smallest absolute Gasteiger partial charge is 0.356 e. The lowest BCUT2D eigenvalue weighted by Crippen LogP contribution is -2.27. The van der Waals surface area contributed by atoms with Crippen molar-refractivity contribution >= 4 is 16.8 Å². The third-order valence-corrected chi connectivity index (χ3v) is 7.47. The summed E-state index contributed by atoms with van der Waals surface area (Å²) >= 11 is 0. The molecule has 0 saturated heterocycles.